The van der Waals surface area contributed by atoms with E-state index in [1.807, 2.05) is 6.92 Å². The zero-order valence-electron chi connectivity index (χ0n) is 14.0. The number of rotatable bonds is 11. The highest BCUT2D eigenvalue weighted by Crippen LogP contribution is 2.41. The first-order valence-corrected chi connectivity index (χ1v) is 8.80. The van der Waals surface area contributed by atoms with Crippen molar-refractivity contribution in [2.75, 3.05) is 32.8 Å². The fourth-order valence-electron chi connectivity index (χ4n) is 3.35. The van der Waals surface area contributed by atoms with Crippen molar-refractivity contribution in [1.29, 1.82) is 0 Å². The van der Waals surface area contributed by atoms with Crippen LogP contribution in [0.15, 0.2) is 0 Å². The van der Waals surface area contributed by atoms with Crippen LogP contribution in [0.25, 0.3) is 0 Å². The number of nitrogens with zero attached hydrogens (tertiary/aromatic N) is 1. The number of nitrogens with one attached hydrogen (secondary N) is 1. The van der Waals surface area contributed by atoms with E-state index >= 15 is 0 Å². The molecule has 2 rings (SSSR count). The molecule has 0 aliphatic heterocycles. The van der Waals surface area contributed by atoms with Gasteiger partial charge in [-0.3, -0.25) is 0 Å². The van der Waals surface area contributed by atoms with Crippen LogP contribution in [0.5, 0.6) is 0 Å². The molecule has 2 fully saturated rings. The minimum absolute atomic E-state index is 0.0359. The molecule has 1 N–H and O–H groups in total. The van der Waals surface area contributed by atoms with Crippen molar-refractivity contribution in [3.8, 4) is 0 Å². The van der Waals surface area contributed by atoms with Crippen LogP contribution in [0.4, 0.5) is 0 Å². The second-order valence-electron chi connectivity index (χ2n) is 6.67. The van der Waals surface area contributed by atoms with Gasteiger partial charge in [-0.15, -0.1) is 0 Å². The molecule has 0 aromatic heterocycles. The predicted octanol–water partition coefficient (Wildman–Crippen LogP) is 2.43. The Hall–Kier alpha value is -0.610. The molecule has 122 valence electrons. The average Bonchev–Trinajstić information content (AvgIpc) is 3.31. The summed E-state index contributed by atoms with van der Waals surface area (Å²) in [6.07, 6.45) is 6.15. The van der Waals surface area contributed by atoms with E-state index in [-0.39, 0.29) is 5.97 Å². The molecule has 0 bridgehead atoms. The molecule has 0 amide bonds. The van der Waals surface area contributed by atoms with Crippen LogP contribution in [-0.2, 0) is 9.53 Å². The van der Waals surface area contributed by atoms with E-state index < -0.39 is 5.54 Å². The first kappa shape index (κ1) is 16.8. The number of esters is 1. The van der Waals surface area contributed by atoms with Crippen molar-refractivity contribution in [2.24, 2.45) is 11.8 Å². The molecule has 0 aromatic rings. The zero-order valence-corrected chi connectivity index (χ0v) is 14.0. The Morgan fingerprint density at radius 3 is 2.43 bits per heavy atom. The number of ether oxygens (including phenoxy) is 1. The first-order chi connectivity index (χ1) is 10.2. The Bertz CT molecular complexity index is 340. The largest absolute Gasteiger partial charge is 0.465 e. The number of hydrogen-bond acceptors (Lipinski definition) is 4. The van der Waals surface area contributed by atoms with E-state index in [0.717, 1.165) is 51.4 Å². The first-order valence-electron chi connectivity index (χ1n) is 8.80. The lowest BCUT2D eigenvalue weighted by atomic mass is 9.91. The van der Waals surface area contributed by atoms with Gasteiger partial charge in [0.25, 0.3) is 0 Å². The van der Waals surface area contributed by atoms with Gasteiger partial charge in [-0.25, -0.2) is 4.79 Å². The third-order valence-corrected chi connectivity index (χ3v) is 4.63. The Morgan fingerprint density at radius 2 is 1.95 bits per heavy atom. The van der Waals surface area contributed by atoms with Crippen molar-refractivity contribution in [1.82, 2.24) is 10.2 Å². The molecule has 2 aliphatic carbocycles. The minimum atomic E-state index is -0.477. The Balaban J connectivity index is 2.09. The molecule has 0 heterocycles. The molecular formula is C17H32N2O2. The van der Waals surface area contributed by atoms with Gasteiger partial charge in [0.15, 0.2) is 0 Å². The monoisotopic (exact) mass is 296 g/mol. The zero-order chi connectivity index (χ0) is 15.3. The van der Waals surface area contributed by atoms with Gasteiger partial charge in [0, 0.05) is 13.1 Å². The summed E-state index contributed by atoms with van der Waals surface area (Å²) in [5.74, 6) is 1.28. The maximum atomic E-state index is 12.7. The number of likely N-dealkylation sites (N-methyl/N-ethyl adjacent to an activating group) is 1. The Morgan fingerprint density at radius 1 is 1.24 bits per heavy atom. The second kappa shape index (κ2) is 7.59. The van der Waals surface area contributed by atoms with E-state index in [0.29, 0.717) is 12.5 Å². The smallest absolute Gasteiger partial charge is 0.327 e. The predicted molar refractivity (Wildman–Crippen MR) is 85.2 cm³/mol. The normalized spacial score (nSPS) is 21.3. The quantitative estimate of drug-likeness (QED) is 0.595. The van der Waals surface area contributed by atoms with Crippen LogP contribution in [0.2, 0.25) is 0 Å². The molecule has 0 spiro atoms. The fourth-order valence-corrected chi connectivity index (χ4v) is 3.35. The van der Waals surface area contributed by atoms with E-state index in [9.17, 15) is 4.79 Å². The molecule has 4 nitrogen and oxygen atoms in total. The molecule has 1 atom stereocenters. The standard InChI is InChI=1S/C17H32N2O2/c1-4-11-19(12-14-7-8-14)13-17(18-5-2,15-9-10-15)16(20)21-6-3/h14-15,18H,4-13H2,1-3H3. The summed E-state index contributed by atoms with van der Waals surface area (Å²) in [4.78, 5) is 15.2. The third kappa shape index (κ3) is 4.43. The SMILES string of the molecule is CCCN(CC1CC1)CC(NCC)(C(=O)OCC)C1CC1. The molecule has 4 heteroatoms. The lowest BCUT2D eigenvalue weighted by molar-refractivity contribution is -0.153. The molecule has 0 saturated heterocycles. The third-order valence-electron chi connectivity index (χ3n) is 4.63. The highest BCUT2D eigenvalue weighted by Gasteiger charge is 2.52. The lowest BCUT2D eigenvalue weighted by Gasteiger charge is -2.37. The summed E-state index contributed by atoms with van der Waals surface area (Å²) >= 11 is 0. The van der Waals surface area contributed by atoms with E-state index in [2.05, 4.69) is 24.1 Å². The van der Waals surface area contributed by atoms with Gasteiger partial charge in [0.1, 0.15) is 5.54 Å². The number of carbonyl (C=O) groups excluding carboxylic acids is 1. The fraction of sp³-hybridized carbons (Fsp3) is 0.941. The summed E-state index contributed by atoms with van der Waals surface area (Å²) in [5.41, 5.74) is -0.477. The van der Waals surface area contributed by atoms with Crippen molar-refractivity contribution < 1.29 is 9.53 Å². The van der Waals surface area contributed by atoms with Gasteiger partial charge in [0.2, 0.25) is 0 Å². The molecular weight excluding hydrogens is 264 g/mol. The van der Waals surface area contributed by atoms with E-state index in [4.69, 9.17) is 4.74 Å². The van der Waals surface area contributed by atoms with Gasteiger partial charge in [-0.2, -0.15) is 0 Å². The van der Waals surface area contributed by atoms with Crippen LogP contribution in [-0.4, -0.2) is 49.2 Å². The van der Waals surface area contributed by atoms with Crippen molar-refractivity contribution in [3.63, 3.8) is 0 Å². The topological polar surface area (TPSA) is 41.6 Å². The van der Waals surface area contributed by atoms with Gasteiger partial charge in [-0.05, 0) is 64.0 Å². The van der Waals surface area contributed by atoms with Crippen molar-refractivity contribution in [3.05, 3.63) is 0 Å². The summed E-state index contributed by atoms with van der Waals surface area (Å²) < 4.78 is 5.43. The molecule has 0 radical (unpaired) electrons. The molecule has 1 unspecified atom stereocenters. The van der Waals surface area contributed by atoms with Crippen molar-refractivity contribution in [2.45, 2.75) is 58.4 Å². The lowest BCUT2D eigenvalue weighted by Crippen LogP contribution is -2.61. The average molecular weight is 296 g/mol. The molecule has 2 saturated carbocycles. The highest BCUT2D eigenvalue weighted by atomic mass is 16.5. The van der Waals surface area contributed by atoms with Gasteiger partial charge in [0.05, 0.1) is 6.61 Å². The van der Waals surface area contributed by atoms with Crippen molar-refractivity contribution >= 4 is 5.97 Å². The summed E-state index contributed by atoms with van der Waals surface area (Å²) in [7, 11) is 0. The second-order valence-corrected chi connectivity index (χ2v) is 6.67. The van der Waals surface area contributed by atoms with Gasteiger partial charge in [-0.1, -0.05) is 13.8 Å². The maximum absolute atomic E-state index is 12.7. The molecule has 21 heavy (non-hydrogen) atoms. The maximum Gasteiger partial charge on any atom is 0.327 e. The number of hydrogen-bond donors (Lipinski definition) is 1. The summed E-state index contributed by atoms with van der Waals surface area (Å²) in [6, 6.07) is 0. The number of carbonyl (C=O) groups is 1. The molecule has 2 aliphatic rings. The highest BCUT2D eigenvalue weighted by molar-refractivity contribution is 5.82. The van der Waals surface area contributed by atoms with Crippen LogP contribution in [0.3, 0.4) is 0 Å². The molecule has 0 aromatic carbocycles. The summed E-state index contributed by atoms with van der Waals surface area (Å²) in [5, 5.41) is 3.51. The van der Waals surface area contributed by atoms with Gasteiger partial charge >= 0.3 is 5.97 Å². The van der Waals surface area contributed by atoms with E-state index in [1.165, 1.54) is 12.8 Å². The minimum Gasteiger partial charge on any atom is -0.465 e. The van der Waals surface area contributed by atoms with Crippen LogP contribution in [0, 0.1) is 11.8 Å². The van der Waals surface area contributed by atoms with Crippen LogP contribution < -0.4 is 5.32 Å². The van der Waals surface area contributed by atoms with Gasteiger partial charge < -0.3 is 15.0 Å². The van der Waals surface area contributed by atoms with Crippen LogP contribution in [0.1, 0.15) is 52.9 Å². The Kier molecular flexibility index (Phi) is 6.06. The summed E-state index contributed by atoms with van der Waals surface area (Å²) in [6.45, 7) is 10.5. The Labute approximate surface area is 129 Å². The van der Waals surface area contributed by atoms with Crippen LogP contribution >= 0.6 is 0 Å². The van der Waals surface area contributed by atoms with E-state index in [1.54, 1.807) is 0 Å².